The summed E-state index contributed by atoms with van der Waals surface area (Å²) in [7, 11) is 1.67. The molecule has 3 aromatic rings. The molecule has 1 unspecified atom stereocenters. The van der Waals surface area contributed by atoms with Crippen LogP contribution in [0, 0.1) is 0 Å². The van der Waals surface area contributed by atoms with E-state index in [0.717, 1.165) is 27.6 Å². The van der Waals surface area contributed by atoms with E-state index in [0.29, 0.717) is 0 Å². The summed E-state index contributed by atoms with van der Waals surface area (Å²) in [6, 6.07) is 16.0. The molecule has 0 radical (unpaired) electrons. The average molecular weight is 278 g/mol. The van der Waals surface area contributed by atoms with Gasteiger partial charge in [-0.25, -0.2) is 0 Å². The van der Waals surface area contributed by atoms with E-state index < -0.39 is 5.54 Å². The summed E-state index contributed by atoms with van der Waals surface area (Å²) >= 11 is 0. The summed E-state index contributed by atoms with van der Waals surface area (Å²) in [5.74, 6) is 0.800. The Balaban J connectivity index is 2.25. The molecule has 0 bridgehead atoms. The van der Waals surface area contributed by atoms with Crippen LogP contribution >= 0.6 is 0 Å². The van der Waals surface area contributed by atoms with Crippen molar-refractivity contribution in [1.82, 2.24) is 4.98 Å². The van der Waals surface area contributed by atoms with Crippen LogP contribution in [-0.2, 0) is 5.54 Å². The molecule has 0 saturated carbocycles. The van der Waals surface area contributed by atoms with Gasteiger partial charge in [0, 0.05) is 23.3 Å². The predicted octanol–water partition coefficient (Wildman–Crippen LogP) is 3.47. The third-order valence-corrected chi connectivity index (χ3v) is 3.91. The van der Waals surface area contributed by atoms with Crippen molar-refractivity contribution in [3.05, 3.63) is 72.1 Å². The molecule has 1 atom stereocenters. The first-order chi connectivity index (χ1) is 10.1. The number of ether oxygens (including phenoxy) is 1. The van der Waals surface area contributed by atoms with E-state index in [4.69, 9.17) is 10.5 Å². The summed E-state index contributed by atoms with van der Waals surface area (Å²) in [5.41, 5.74) is 8.09. The van der Waals surface area contributed by atoms with E-state index in [2.05, 4.69) is 11.1 Å². The lowest BCUT2D eigenvalue weighted by atomic mass is 9.82. The van der Waals surface area contributed by atoms with Crippen molar-refractivity contribution >= 4 is 10.8 Å². The second-order valence-electron chi connectivity index (χ2n) is 5.31. The number of aromatic nitrogens is 1. The summed E-state index contributed by atoms with van der Waals surface area (Å²) < 4.78 is 5.47. The van der Waals surface area contributed by atoms with E-state index in [-0.39, 0.29) is 0 Å². The second-order valence-corrected chi connectivity index (χ2v) is 5.31. The molecule has 0 aliphatic carbocycles. The fourth-order valence-electron chi connectivity index (χ4n) is 2.79. The minimum Gasteiger partial charge on any atom is -0.496 e. The number of hydrogen-bond donors (Lipinski definition) is 1. The maximum atomic E-state index is 6.70. The number of benzene rings is 2. The van der Waals surface area contributed by atoms with Crippen molar-refractivity contribution in [2.45, 2.75) is 12.5 Å². The molecular formula is C18H18N2O. The zero-order chi connectivity index (χ0) is 14.9. The van der Waals surface area contributed by atoms with E-state index >= 15 is 0 Å². The summed E-state index contributed by atoms with van der Waals surface area (Å²) in [4.78, 5) is 4.18. The van der Waals surface area contributed by atoms with Crippen molar-refractivity contribution in [2.24, 2.45) is 5.73 Å². The maximum Gasteiger partial charge on any atom is 0.124 e. The highest BCUT2D eigenvalue weighted by Crippen LogP contribution is 2.36. The second kappa shape index (κ2) is 5.19. The Bertz CT molecular complexity index is 776. The Hall–Kier alpha value is -2.39. The molecule has 0 amide bonds. The minimum absolute atomic E-state index is 0.645. The number of methoxy groups -OCH3 is 1. The lowest BCUT2D eigenvalue weighted by Crippen LogP contribution is -2.35. The van der Waals surface area contributed by atoms with Gasteiger partial charge in [0.1, 0.15) is 5.75 Å². The summed E-state index contributed by atoms with van der Waals surface area (Å²) in [6.07, 6.45) is 3.65. The number of nitrogens with zero attached hydrogens (tertiary/aromatic N) is 1. The largest absolute Gasteiger partial charge is 0.496 e. The topological polar surface area (TPSA) is 48.1 Å². The number of para-hydroxylation sites is 1. The van der Waals surface area contributed by atoms with Gasteiger partial charge in [0.2, 0.25) is 0 Å². The van der Waals surface area contributed by atoms with Gasteiger partial charge in [0.05, 0.1) is 12.6 Å². The average Bonchev–Trinajstić information content (AvgIpc) is 2.54. The first-order valence-electron chi connectivity index (χ1n) is 6.90. The van der Waals surface area contributed by atoms with Crippen LogP contribution < -0.4 is 10.5 Å². The molecule has 3 heteroatoms. The fraction of sp³-hybridized carbons (Fsp3) is 0.167. The molecule has 0 aliphatic heterocycles. The molecule has 0 spiro atoms. The van der Waals surface area contributed by atoms with Crippen LogP contribution in [0.5, 0.6) is 5.75 Å². The van der Waals surface area contributed by atoms with E-state index in [1.54, 1.807) is 13.3 Å². The van der Waals surface area contributed by atoms with Crippen molar-refractivity contribution < 1.29 is 4.74 Å². The molecule has 1 aromatic heterocycles. The third kappa shape index (κ3) is 2.26. The monoisotopic (exact) mass is 278 g/mol. The number of pyridine rings is 1. The molecule has 21 heavy (non-hydrogen) atoms. The van der Waals surface area contributed by atoms with Crippen LogP contribution in [0.2, 0.25) is 0 Å². The highest BCUT2D eigenvalue weighted by atomic mass is 16.5. The number of nitrogens with two attached hydrogens (primary N) is 1. The molecule has 3 nitrogen and oxygen atoms in total. The van der Waals surface area contributed by atoms with Gasteiger partial charge < -0.3 is 10.5 Å². The van der Waals surface area contributed by atoms with Crippen molar-refractivity contribution in [2.75, 3.05) is 7.11 Å². The highest BCUT2D eigenvalue weighted by molar-refractivity contribution is 5.86. The van der Waals surface area contributed by atoms with Gasteiger partial charge in [0.25, 0.3) is 0 Å². The van der Waals surface area contributed by atoms with E-state index in [1.165, 1.54) is 0 Å². The maximum absolute atomic E-state index is 6.70. The van der Waals surface area contributed by atoms with Crippen LogP contribution in [0.15, 0.2) is 60.9 Å². The van der Waals surface area contributed by atoms with E-state index in [9.17, 15) is 0 Å². The van der Waals surface area contributed by atoms with Gasteiger partial charge in [-0.3, -0.25) is 4.98 Å². The Labute approximate surface area is 124 Å². The predicted molar refractivity (Wildman–Crippen MR) is 85.4 cm³/mol. The highest BCUT2D eigenvalue weighted by Gasteiger charge is 2.28. The van der Waals surface area contributed by atoms with Gasteiger partial charge in [-0.15, -0.1) is 0 Å². The van der Waals surface area contributed by atoms with Crippen LogP contribution in [0.1, 0.15) is 18.1 Å². The Morgan fingerprint density at radius 2 is 1.76 bits per heavy atom. The zero-order valence-electron chi connectivity index (χ0n) is 12.2. The molecular weight excluding hydrogens is 260 g/mol. The first-order valence-corrected chi connectivity index (χ1v) is 6.90. The molecule has 0 fully saturated rings. The van der Waals surface area contributed by atoms with Gasteiger partial charge >= 0.3 is 0 Å². The fourth-order valence-corrected chi connectivity index (χ4v) is 2.79. The van der Waals surface area contributed by atoms with Crippen molar-refractivity contribution in [3.63, 3.8) is 0 Å². The lowest BCUT2D eigenvalue weighted by molar-refractivity contribution is 0.399. The zero-order valence-corrected chi connectivity index (χ0v) is 12.2. The molecule has 0 saturated heterocycles. The van der Waals surface area contributed by atoms with Gasteiger partial charge in [-0.2, -0.15) is 0 Å². The molecule has 106 valence electrons. The lowest BCUT2D eigenvalue weighted by Gasteiger charge is -2.29. The SMILES string of the molecule is COc1ccccc1C(C)(N)c1cccc2cnccc12. The molecule has 2 aromatic carbocycles. The van der Waals surface area contributed by atoms with Gasteiger partial charge in [0.15, 0.2) is 0 Å². The van der Waals surface area contributed by atoms with Gasteiger partial charge in [-0.05, 0) is 30.0 Å². The third-order valence-electron chi connectivity index (χ3n) is 3.91. The molecule has 3 rings (SSSR count). The number of fused-ring (bicyclic) bond motifs is 1. The minimum atomic E-state index is -0.645. The van der Waals surface area contributed by atoms with Crippen molar-refractivity contribution in [3.8, 4) is 5.75 Å². The Morgan fingerprint density at radius 3 is 2.57 bits per heavy atom. The number of hydrogen-bond acceptors (Lipinski definition) is 3. The quantitative estimate of drug-likeness (QED) is 0.798. The standard InChI is InChI=1S/C18H18N2O/c1-18(19,16-7-3-4-9-17(16)21-2)15-8-5-6-13-12-20-11-10-14(13)15/h3-12H,19H2,1-2H3. The molecule has 1 heterocycles. The Kier molecular flexibility index (Phi) is 3.35. The normalized spacial score (nSPS) is 13.9. The number of rotatable bonds is 3. The first kappa shape index (κ1) is 13.6. The summed E-state index contributed by atoms with van der Waals surface area (Å²) in [5, 5.41) is 2.20. The van der Waals surface area contributed by atoms with Crippen molar-refractivity contribution in [1.29, 1.82) is 0 Å². The smallest absolute Gasteiger partial charge is 0.124 e. The van der Waals surface area contributed by atoms with E-state index in [1.807, 2.05) is 55.6 Å². The molecule has 0 aliphatic rings. The Morgan fingerprint density at radius 1 is 1.00 bits per heavy atom. The van der Waals surface area contributed by atoms with Gasteiger partial charge in [-0.1, -0.05) is 36.4 Å². The van der Waals surface area contributed by atoms with Crippen LogP contribution in [-0.4, -0.2) is 12.1 Å². The summed E-state index contributed by atoms with van der Waals surface area (Å²) in [6.45, 7) is 2.01. The van der Waals surface area contributed by atoms with Crippen LogP contribution in [0.25, 0.3) is 10.8 Å². The molecule has 2 N–H and O–H groups in total. The van der Waals surface area contributed by atoms with Crippen LogP contribution in [0.4, 0.5) is 0 Å². The van der Waals surface area contributed by atoms with Crippen LogP contribution in [0.3, 0.4) is 0 Å².